The van der Waals surface area contributed by atoms with Gasteiger partial charge in [-0.2, -0.15) is 0 Å². The Morgan fingerprint density at radius 2 is 1.55 bits per heavy atom. The van der Waals surface area contributed by atoms with Gasteiger partial charge >= 0.3 is 0 Å². The summed E-state index contributed by atoms with van der Waals surface area (Å²) in [6.07, 6.45) is 4.37. The van der Waals surface area contributed by atoms with E-state index in [1.165, 1.54) is 0 Å². The first kappa shape index (κ1) is 24.2. The smallest absolute Gasteiger partial charge is 0.241 e. The second-order valence-electron chi connectivity index (χ2n) is 9.00. The normalized spacial score (nSPS) is 19.7. The first-order valence-corrected chi connectivity index (χ1v) is 12.7. The van der Waals surface area contributed by atoms with Gasteiger partial charge in [-0.3, -0.25) is 4.79 Å². The summed E-state index contributed by atoms with van der Waals surface area (Å²) >= 11 is 0. The number of likely N-dealkylation sites (tertiary alicyclic amines) is 2. The van der Waals surface area contributed by atoms with Crippen LogP contribution in [-0.2, 0) is 19.6 Å². The van der Waals surface area contributed by atoms with Crippen molar-refractivity contribution in [2.45, 2.75) is 70.4 Å². The van der Waals surface area contributed by atoms with E-state index in [0.29, 0.717) is 30.1 Å². The van der Waals surface area contributed by atoms with Gasteiger partial charge in [-0.15, -0.1) is 0 Å². The summed E-state index contributed by atoms with van der Waals surface area (Å²) in [5.74, 6) is -0.153. The van der Waals surface area contributed by atoms with E-state index >= 15 is 0 Å². The minimum Gasteiger partial charge on any atom is -0.381 e. The quantitative estimate of drug-likeness (QED) is 0.718. The van der Waals surface area contributed by atoms with Gasteiger partial charge < -0.3 is 14.5 Å². The van der Waals surface area contributed by atoms with Crippen LogP contribution in [0.15, 0.2) is 11.0 Å². The summed E-state index contributed by atoms with van der Waals surface area (Å²) in [5, 5.41) is 0. The van der Waals surface area contributed by atoms with Gasteiger partial charge in [0.25, 0.3) is 0 Å². The number of rotatable bonds is 6. The monoisotopic (exact) mass is 451 g/mol. The number of hydrogen-bond acceptors (Lipinski definition) is 5. The molecule has 0 unspecified atom stereocenters. The van der Waals surface area contributed by atoms with Crippen molar-refractivity contribution >= 4 is 15.9 Å². The molecule has 1 N–H and O–H groups in total. The number of nitrogens with one attached hydrogen (secondary N) is 1. The molecule has 0 aliphatic carbocycles. The average molecular weight is 452 g/mol. The van der Waals surface area contributed by atoms with Crippen molar-refractivity contribution in [3.05, 3.63) is 28.3 Å². The van der Waals surface area contributed by atoms with Gasteiger partial charge in [-0.25, -0.2) is 13.1 Å². The average Bonchev–Trinajstić information content (AvgIpc) is 2.76. The molecule has 1 aromatic carbocycles. The maximum atomic E-state index is 13.0. The summed E-state index contributed by atoms with van der Waals surface area (Å²) < 4.78 is 34.0. The van der Waals surface area contributed by atoms with E-state index in [4.69, 9.17) is 4.74 Å². The number of piperidine rings is 2. The van der Waals surface area contributed by atoms with Crippen molar-refractivity contribution in [2.75, 3.05) is 39.8 Å². The van der Waals surface area contributed by atoms with Gasteiger partial charge in [0.2, 0.25) is 15.9 Å². The molecule has 3 rings (SSSR count). The fraction of sp³-hybridized carbons (Fsp3) is 0.696. The number of carbonyl (C=O) groups is 1. The van der Waals surface area contributed by atoms with Crippen LogP contribution in [-0.4, -0.2) is 76.1 Å². The Balaban J connectivity index is 1.54. The summed E-state index contributed by atoms with van der Waals surface area (Å²) in [7, 11) is -1.97. The van der Waals surface area contributed by atoms with E-state index < -0.39 is 10.0 Å². The Kier molecular flexibility index (Phi) is 7.78. The molecule has 2 heterocycles. The molecule has 2 saturated heterocycles. The minimum absolute atomic E-state index is 0.153. The standard InChI is InChI=1S/C23H37N3O4S/c1-16-14-17(2)19(4)23(18(16)3)31(28,29)24-15-22(27)26-10-6-20(7-11-26)25-12-8-21(30-5)9-13-25/h14,20-21,24H,6-13,15H2,1-5H3. The second-order valence-corrected chi connectivity index (χ2v) is 10.7. The summed E-state index contributed by atoms with van der Waals surface area (Å²) in [5.41, 5.74) is 3.35. The van der Waals surface area contributed by atoms with E-state index in [-0.39, 0.29) is 12.5 Å². The molecular formula is C23H37N3O4S. The zero-order valence-corrected chi connectivity index (χ0v) is 20.3. The second kappa shape index (κ2) is 9.98. The summed E-state index contributed by atoms with van der Waals surface area (Å²) in [6.45, 7) is 10.7. The lowest BCUT2D eigenvalue weighted by atomic mass is 9.99. The Labute approximate surface area is 187 Å². The third kappa shape index (κ3) is 5.48. The molecule has 0 spiro atoms. The molecule has 2 aliphatic heterocycles. The molecule has 0 aromatic heterocycles. The molecule has 2 fully saturated rings. The zero-order valence-electron chi connectivity index (χ0n) is 19.5. The maximum Gasteiger partial charge on any atom is 0.241 e. The topological polar surface area (TPSA) is 79.0 Å². The van der Waals surface area contributed by atoms with Crippen molar-refractivity contribution in [2.24, 2.45) is 0 Å². The van der Waals surface area contributed by atoms with Crippen molar-refractivity contribution in [3.63, 3.8) is 0 Å². The Hall–Kier alpha value is -1.48. The molecule has 31 heavy (non-hydrogen) atoms. The van der Waals surface area contributed by atoms with E-state index in [2.05, 4.69) is 9.62 Å². The van der Waals surface area contributed by atoms with Gasteiger partial charge in [-0.05, 0) is 75.6 Å². The number of nitrogens with zero attached hydrogens (tertiary/aromatic N) is 2. The van der Waals surface area contributed by atoms with Gasteiger partial charge in [0.15, 0.2) is 0 Å². The van der Waals surface area contributed by atoms with Crippen molar-refractivity contribution in [3.8, 4) is 0 Å². The molecule has 174 valence electrons. The number of methoxy groups -OCH3 is 1. The highest BCUT2D eigenvalue weighted by atomic mass is 32.2. The molecule has 0 saturated carbocycles. The van der Waals surface area contributed by atoms with E-state index in [0.717, 1.165) is 61.0 Å². The number of carbonyl (C=O) groups excluding carboxylic acids is 1. The minimum atomic E-state index is -3.75. The van der Waals surface area contributed by atoms with Gasteiger partial charge in [0.05, 0.1) is 17.5 Å². The first-order valence-electron chi connectivity index (χ1n) is 11.3. The fourth-order valence-corrected chi connectivity index (χ4v) is 6.47. The number of ether oxygens (including phenoxy) is 1. The molecule has 1 amide bonds. The Bertz CT molecular complexity index is 874. The van der Waals surface area contributed by atoms with E-state index in [9.17, 15) is 13.2 Å². The van der Waals surface area contributed by atoms with Crippen LogP contribution in [0, 0.1) is 27.7 Å². The predicted octanol–water partition coefficient (Wildman–Crippen LogP) is 2.30. The lowest BCUT2D eigenvalue weighted by molar-refractivity contribution is -0.131. The number of hydrogen-bond donors (Lipinski definition) is 1. The molecule has 0 bridgehead atoms. The van der Waals surface area contributed by atoms with Crippen LogP contribution >= 0.6 is 0 Å². The van der Waals surface area contributed by atoms with Crippen LogP contribution in [0.2, 0.25) is 0 Å². The van der Waals surface area contributed by atoms with Crippen LogP contribution in [0.5, 0.6) is 0 Å². The third-order valence-electron chi connectivity index (χ3n) is 7.12. The van der Waals surface area contributed by atoms with Crippen LogP contribution in [0.1, 0.15) is 47.9 Å². The number of benzene rings is 1. The summed E-state index contributed by atoms with van der Waals surface area (Å²) in [6, 6.07) is 2.50. The Morgan fingerprint density at radius 1 is 1.00 bits per heavy atom. The zero-order chi connectivity index (χ0) is 22.8. The molecule has 1 aromatic rings. The van der Waals surface area contributed by atoms with Gasteiger partial charge in [0, 0.05) is 39.3 Å². The van der Waals surface area contributed by atoms with Gasteiger partial charge in [0.1, 0.15) is 0 Å². The Morgan fingerprint density at radius 3 is 2.06 bits per heavy atom. The van der Waals surface area contributed by atoms with Gasteiger partial charge in [-0.1, -0.05) is 6.07 Å². The van der Waals surface area contributed by atoms with E-state index in [1.807, 2.05) is 33.8 Å². The van der Waals surface area contributed by atoms with Crippen LogP contribution in [0.3, 0.4) is 0 Å². The number of amides is 1. The lowest BCUT2D eigenvalue weighted by Gasteiger charge is -2.41. The van der Waals surface area contributed by atoms with E-state index in [1.54, 1.807) is 12.0 Å². The molecule has 0 radical (unpaired) electrons. The highest BCUT2D eigenvalue weighted by Gasteiger charge is 2.30. The predicted molar refractivity (Wildman–Crippen MR) is 122 cm³/mol. The molecule has 2 aliphatic rings. The summed E-state index contributed by atoms with van der Waals surface area (Å²) in [4.78, 5) is 17.3. The molecule has 8 heteroatoms. The van der Waals surface area contributed by atoms with Crippen LogP contribution in [0.25, 0.3) is 0 Å². The lowest BCUT2D eigenvalue weighted by Crippen LogP contribution is -2.51. The highest BCUT2D eigenvalue weighted by Crippen LogP contribution is 2.26. The molecule has 0 atom stereocenters. The van der Waals surface area contributed by atoms with Crippen LogP contribution in [0.4, 0.5) is 0 Å². The number of sulfonamides is 1. The third-order valence-corrected chi connectivity index (χ3v) is 8.80. The largest absolute Gasteiger partial charge is 0.381 e. The van der Waals surface area contributed by atoms with Crippen LogP contribution < -0.4 is 4.72 Å². The maximum absolute atomic E-state index is 13.0. The van der Waals surface area contributed by atoms with Crippen molar-refractivity contribution < 1.29 is 17.9 Å². The van der Waals surface area contributed by atoms with Crippen molar-refractivity contribution in [1.29, 1.82) is 0 Å². The SMILES string of the molecule is COC1CCN(C2CCN(C(=O)CNS(=O)(=O)c3c(C)c(C)cc(C)c3C)CC2)CC1. The highest BCUT2D eigenvalue weighted by molar-refractivity contribution is 7.89. The molecule has 7 nitrogen and oxygen atoms in total. The first-order chi connectivity index (χ1) is 14.6. The van der Waals surface area contributed by atoms with Crippen molar-refractivity contribution in [1.82, 2.24) is 14.5 Å². The molecular weight excluding hydrogens is 414 g/mol. The number of aryl methyl sites for hydroxylation is 2. The fourth-order valence-electron chi connectivity index (χ4n) is 4.88.